The monoisotopic (exact) mass is 412 g/mol. The predicted molar refractivity (Wildman–Crippen MR) is 91.6 cm³/mol. The number of hydrogen-bond donors (Lipinski definition) is 1. The van der Waals surface area contributed by atoms with E-state index in [1.165, 1.54) is 3.57 Å². The lowest BCUT2D eigenvalue weighted by Gasteiger charge is -2.05. The van der Waals surface area contributed by atoms with Crippen molar-refractivity contribution in [3.05, 3.63) is 63.9 Å². The van der Waals surface area contributed by atoms with Gasteiger partial charge in [-0.15, -0.1) is 0 Å². The van der Waals surface area contributed by atoms with Crippen molar-refractivity contribution in [2.24, 2.45) is 5.14 Å². The predicted octanol–water partition coefficient (Wildman–Crippen LogP) is 2.94. The normalized spacial score (nSPS) is 11.9. The molecule has 3 rings (SSSR count). The van der Waals surface area contributed by atoms with Crippen molar-refractivity contribution in [3.63, 3.8) is 0 Å². The summed E-state index contributed by atoms with van der Waals surface area (Å²) in [6.45, 7) is 0.604. The molecular formula is C15H13IN2O2S. The molecule has 2 N–H and O–H groups in total. The second kappa shape index (κ2) is 5.43. The van der Waals surface area contributed by atoms with Gasteiger partial charge in [0.15, 0.2) is 0 Å². The molecule has 6 heteroatoms. The van der Waals surface area contributed by atoms with E-state index in [1.54, 1.807) is 12.3 Å². The van der Waals surface area contributed by atoms with Crippen LogP contribution in [0.5, 0.6) is 0 Å². The van der Waals surface area contributed by atoms with Crippen LogP contribution in [0.15, 0.2) is 59.6 Å². The molecule has 1 heterocycles. The minimum absolute atomic E-state index is 0.170. The van der Waals surface area contributed by atoms with Gasteiger partial charge in [-0.05, 0) is 46.4 Å². The summed E-state index contributed by atoms with van der Waals surface area (Å²) in [4.78, 5) is 0.170. The third-order valence-corrected chi connectivity index (χ3v) is 4.98. The molecule has 0 saturated heterocycles. The van der Waals surface area contributed by atoms with Crippen molar-refractivity contribution in [1.82, 2.24) is 4.57 Å². The average Bonchev–Trinajstić information content (AvgIpc) is 2.81. The van der Waals surface area contributed by atoms with Crippen LogP contribution in [0.3, 0.4) is 0 Å². The Morgan fingerprint density at radius 3 is 2.38 bits per heavy atom. The minimum Gasteiger partial charge on any atom is -0.342 e. The summed E-state index contributed by atoms with van der Waals surface area (Å²) in [6.07, 6.45) is 1.61. The standard InChI is InChI=1S/C15H13IN2O2S/c16-12-7-5-11(6-8-12)9-18-10-15(21(17,19)20)13-3-1-2-4-14(13)18/h1-8,10H,9H2,(H2,17,19,20). The maximum atomic E-state index is 11.7. The van der Waals surface area contributed by atoms with Crippen LogP contribution in [-0.4, -0.2) is 13.0 Å². The maximum absolute atomic E-state index is 11.7. The van der Waals surface area contributed by atoms with Crippen LogP contribution < -0.4 is 5.14 Å². The third-order valence-electron chi connectivity index (χ3n) is 3.32. The van der Waals surface area contributed by atoms with Crippen LogP contribution >= 0.6 is 22.6 Å². The van der Waals surface area contributed by atoms with Crippen LogP contribution in [0.4, 0.5) is 0 Å². The maximum Gasteiger partial charge on any atom is 0.240 e. The Morgan fingerprint density at radius 2 is 1.71 bits per heavy atom. The van der Waals surface area contributed by atoms with Crippen LogP contribution in [0.1, 0.15) is 5.56 Å². The highest BCUT2D eigenvalue weighted by molar-refractivity contribution is 14.1. The molecule has 2 aromatic carbocycles. The average molecular weight is 412 g/mol. The number of fused-ring (bicyclic) bond motifs is 1. The Morgan fingerprint density at radius 1 is 1.05 bits per heavy atom. The lowest BCUT2D eigenvalue weighted by atomic mass is 10.2. The molecule has 0 fully saturated rings. The first-order valence-electron chi connectivity index (χ1n) is 6.30. The fraction of sp³-hybridized carbons (Fsp3) is 0.0667. The highest BCUT2D eigenvalue weighted by Crippen LogP contribution is 2.25. The molecule has 0 saturated carbocycles. The van der Waals surface area contributed by atoms with E-state index in [4.69, 9.17) is 5.14 Å². The second-order valence-electron chi connectivity index (χ2n) is 4.81. The quantitative estimate of drug-likeness (QED) is 0.673. The molecule has 0 spiro atoms. The first-order chi connectivity index (χ1) is 9.95. The molecule has 0 aliphatic carbocycles. The van der Waals surface area contributed by atoms with Gasteiger partial charge in [-0.3, -0.25) is 0 Å². The number of sulfonamides is 1. The van der Waals surface area contributed by atoms with Gasteiger partial charge in [-0.25, -0.2) is 13.6 Å². The number of para-hydroxylation sites is 1. The Labute approximate surface area is 136 Å². The summed E-state index contributed by atoms with van der Waals surface area (Å²) >= 11 is 2.25. The Bertz CT molecular complexity index is 899. The van der Waals surface area contributed by atoms with Crippen molar-refractivity contribution in [3.8, 4) is 0 Å². The number of nitrogens with zero attached hydrogens (tertiary/aromatic N) is 1. The Kier molecular flexibility index (Phi) is 3.76. The smallest absolute Gasteiger partial charge is 0.240 e. The van der Waals surface area contributed by atoms with Crippen LogP contribution in [0.2, 0.25) is 0 Å². The zero-order chi connectivity index (χ0) is 15.0. The van der Waals surface area contributed by atoms with Gasteiger partial charge >= 0.3 is 0 Å². The molecule has 0 radical (unpaired) electrons. The summed E-state index contributed by atoms with van der Waals surface area (Å²) in [6, 6.07) is 15.5. The molecule has 21 heavy (non-hydrogen) atoms. The third kappa shape index (κ3) is 2.97. The molecule has 0 bridgehead atoms. The SMILES string of the molecule is NS(=O)(=O)c1cn(Cc2ccc(I)cc2)c2ccccc12. The van der Waals surface area contributed by atoms with E-state index in [2.05, 4.69) is 22.6 Å². The van der Waals surface area contributed by atoms with Gasteiger partial charge in [-0.1, -0.05) is 30.3 Å². The first-order valence-corrected chi connectivity index (χ1v) is 8.93. The lowest BCUT2D eigenvalue weighted by molar-refractivity contribution is 0.598. The number of primary sulfonamides is 1. The summed E-state index contributed by atoms with van der Waals surface area (Å²) in [5.41, 5.74) is 1.97. The second-order valence-corrected chi connectivity index (χ2v) is 7.59. The highest BCUT2D eigenvalue weighted by atomic mass is 127. The van der Waals surface area contributed by atoms with Crippen molar-refractivity contribution >= 4 is 43.5 Å². The lowest BCUT2D eigenvalue weighted by Crippen LogP contribution is -2.11. The summed E-state index contributed by atoms with van der Waals surface area (Å²) in [5, 5.41) is 5.97. The number of aromatic nitrogens is 1. The molecule has 0 aliphatic heterocycles. The number of rotatable bonds is 3. The van der Waals surface area contributed by atoms with Crippen LogP contribution in [0, 0.1) is 3.57 Å². The van der Waals surface area contributed by atoms with Crippen molar-refractivity contribution in [2.45, 2.75) is 11.4 Å². The van der Waals surface area contributed by atoms with Gasteiger partial charge in [0.05, 0.1) is 0 Å². The van der Waals surface area contributed by atoms with E-state index in [0.29, 0.717) is 11.9 Å². The van der Waals surface area contributed by atoms with Crippen molar-refractivity contribution in [2.75, 3.05) is 0 Å². The van der Waals surface area contributed by atoms with E-state index >= 15 is 0 Å². The highest BCUT2D eigenvalue weighted by Gasteiger charge is 2.16. The Balaban J connectivity index is 2.13. The van der Waals surface area contributed by atoms with Crippen molar-refractivity contribution < 1.29 is 8.42 Å². The van der Waals surface area contributed by atoms with Gasteiger partial charge in [-0.2, -0.15) is 0 Å². The zero-order valence-corrected chi connectivity index (χ0v) is 14.0. The van der Waals surface area contributed by atoms with Crippen molar-refractivity contribution in [1.29, 1.82) is 0 Å². The molecular weight excluding hydrogens is 399 g/mol. The molecule has 108 valence electrons. The summed E-state index contributed by atoms with van der Waals surface area (Å²) < 4.78 is 26.5. The van der Waals surface area contributed by atoms with Gasteiger partial charge in [0.25, 0.3) is 0 Å². The van der Waals surface area contributed by atoms with Gasteiger partial charge in [0.1, 0.15) is 4.90 Å². The summed E-state index contributed by atoms with van der Waals surface area (Å²) in [5.74, 6) is 0. The largest absolute Gasteiger partial charge is 0.342 e. The molecule has 0 amide bonds. The van der Waals surface area contributed by atoms with Gasteiger partial charge in [0.2, 0.25) is 10.0 Å². The molecule has 0 atom stereocenters. The number of halogens is 1. The van der Waals surface area contributed by atoms with E-state index < -0.39 is 10.0 Å². The van der Waals surface area contributed by atoms with Crippen LogP contribution in [0.25, 0.3) is 10.9 Å². The first kappa shape index (κ1) is 14.6. The Hall–Kier alpha value is -1.38. The summed E-state index contributed by atoms with van der Waals surface area (Å²) in [7, 11) is -3.73. The molecule has 3 aromatic rings. The van der Waals surface area contributed by atoms with Gasteiger partial charge < -0.3 is 4.57 Å². The molecule has 0 unspecified atom stereocenters. The van der Waals surface area contributed by atoms with E-state index in [0.717, 1.165) is 11.1 Å². The molecule has 1 aromatic heterocycles. The number of benzene rings is 2. The number of nitrogens with two attached hydrogens (primary N) is 1. The van der Waals surface area contributed by atoms with Crippen LogP contribution in [-0.2, 0) is 16.6 Å². The van der Waals surface area contributed by atoms with Gasteiger partial charge in [0, 0.05) is 27.2 Å². The zero-order valence-electron chi connectivity index (χ0n) is 11.0. The fourth-order valence-electron chi connectivity index (χ4n) is 2.36. The topological polar surface area (TPSA) is 65.1 Å². The fourth-order valence-corrected chi connectivity index (χ4v) is 3.47. The van der Waals surface area contributed by atoms with E-state index in [-0.39, 0.29) is 4.90 Å². The molecule has 4 nitrogen and oxygen atoms in total. The van der Waals surface area contributed by atoms with E-state index in [1.807, 2.05) is 47.0 Å². The van der Waals surface area contributed by atoms with E-state index in [9.17, 15) is 8.42 Å². The molecule has 0 aliphatic rings. The number of hydrogen-bond acceptors (Lipinski definition) is 2. The minimum atomic E-state index is -3.73.